The van der Waals surface area contributed by atoms with Gasteiger partial charge in [-0.25, -0.2) is 9.78 Å². The van der Waals surface area contributed by atoms with Gasteiger partial charge in [-0.15, -0.1) is 0 Å². The first-order chi connectivity index (χ1) is 12.2. The van der Waals surface area contributed by atoms with Gasteiger partial charge in [0.1, 0.15) is 0 Å². The molecule has 10 heteroatoms. The number of aryl methyl sites for hydroxylation is 1. The number of nitrogens with zero attached hydrogens (tertiary/aromatic N) is 2. The van der Waals surface area contributed by atoms with Crippen molar-refractivity contribution in [3.05, 3.63) is 23.8 Å². The lowest BCUT2D eigenvalue weighted by Crippen LogP contribution is -2.41. The molecule has 0 saturated carbocycles. The lowest BCUT2D eigenvalue weighted by atomic mass is 10.2. The number of imide groups is 1. The summed E-state index contributed by atoms with van der Waals surface area (Å²) in [6.07, 6.45) is -3.75. The maximum Gasteiger partial charge on any atom is 0.416 e. The molecule has 1 heterocycles. The van der Waals surface area contributed by atoms with Gasteiger partial charge in [-0.2, -0.15) is 13.2 Å². The Bertz CT molecular complexity index is 820. The zero-order valence-electron chi connectivity index (χ0n) is 14.5. The lowest BCUT2D eigenvalue weighted by Gasteiger charge is -2.13. The predicted octanol–water partition coefficient (Wildman–Crippen LogP) is 3.40. The van der Waals surface area contributed by atoms with Crippen molar-refractivity contribution < 1.29 is 22.8 Å². The molecule has 2 rings (SSSR count). The van der Waals surface area contributed by atoms with Crippen LogP contribution in [0.25, 0.3) is 11.0 Å². The Balaban J connectivity index is 2.36. The molecule has 1 aromatic carbocycles. The Hall–Kier alpha value is -2.23. The fourth-order valence-corrected chi connectivity index (χ4v) is 3.24. The molecule has 2 N–H and O–H groups in total. The van der Waals surface area contributed by atoms with Crippen LogP contribution in [0, 0.1) is 0 Å². The van der Waals surface area contributed by atoms with Crippen LogP contribution in [0.4, 0.5) is 18.0 Å². The molecule has 2 aromatic rings. The molecule has 26 heavy (non-hydrogen) atoms. The minimum absolute atomic E-state index is 0.364. The van der Waals surface area contributed by atoms with E-state index in [0.717, 1.165) is 23.9 Å². The lowest BCUT2D eigenvalue weighted by molar-refractivity contribution is -0.137. The maximum absolute atomic E-state index is 13.0. The highest BCUT2D eigenvalue weighted by Crippen LogP contribution is 2.33. The molecule has 3 amide bonds. The molecule has 0 aliphatic heterocycles. The SMILES string of the molecule is CCCn1c(SC(C)C(=O)NC(=O)NC)nc2ccc(C(F)(F)F)cc21. The minimum Gasteiger partial charge on any atom is -0.341 e. The number of halogens is 3. The van der Waals surface area contributed by atoms with E-state index < -0.39 is 28.9 Å². The molecule has 0 aliphatic rings. The van der Waals surface area contributed by atoms with Gasteiger partial charge in [-0.1, -0.05) is 18.7 Å². The molecule has 1 unspecified atom stereocenters. The summed E-state index contributed by atoms with van der Waals surface area (Å²) in [5.74, 6) is -0.513. The quantitative estimate of drug-likeness (QED) is 0.770. The molecule has 0 radical (unpaired) electrons. The van der Waals surface area contributed by atoms with Crippen molar-refractivity contribution in [3.8, 4) is 0 Å². The van der Waals surface area contributed by atoms with Crippen molar-refractivity contribution in [3.63, 3.8) is 0 Å². The average molecular weight is 388 g/mol. The number of aromatic nitrogens is 2. The Morgan fingerprint density at radius 2 is 2.04 bits per heavy atom. The molecule has 1 atom stereocenters. The summed E-state index contributed by atoms with van der Waals surface area (Å²) in [6.45, 7) is 3.96. The Kier molecular flexibility index (Phi) is 6.17. The van der Waals surface area contributed by atoms with Crippen LogP contribution in [-0.2, 0) is 17.5 Å². The summed E-state index contributed by atoms with van der Waals surface area (Å²) in [5, 5.41) is 4.23. The Morgan fingerprint density at radius 1 is 1.35 bits per heavy atom. The maximum atomic E-state index is 13.0. The van der Waals surface area contributed by atoms with Gasteiger partial charge in [0.15, 0.2) is 5.16 Å². The number of carbonyl (C=O) groups excluding carboxylic acids is 2. The van der Waals surface area contributed by atoms with Crippen LogP contribution in [0.3, 0.4) is 0 Å². The van der Waals surface area contributed by atoms with Crippen LogP contribution in [-0.4, -0.2) is 33.8 Å². The number of rotatable bonds is 5. The fraction of sp³-hybridized carbons (Fsp3) is 0.438. The Morgan fingerprint density at radius 3 is 2.62 bits per heavy atom. The van der Waals surface area contributed by atoms with Crippen molar-refractivity contribution in [2.24, 2.45) is 0 Å². The van der Waals surface area contributed by atoms with Gasteiger partial charge in [0, 0.05) is 13.6 Å². The van der Waals surface area contributed by atoms with E-state index in [4.69, 9.17) is 0 Å². The van der Waals surface area contributed by atoms with Crippen molar-refractivity contribution >= 4 is 34.7 Å². The van der Waals surface area contributed by atoms with E-state index in [9.17, 15) is 22.8 Å². The van der Waals surface area contributed by atoms with Gasteiger partial charge >= 0.3 is 12.2 Å². The van der Waals surface area contributed by atoms with Crippen LogP contribution in [0.2, 0.25) is 0 Å². The predicted molar refractivity (Wildman–Crippen MR) is 92.9 cm³/mol. The molecule has 0 fully saturated rings. The summed E-state index contributed by atoms with van der Waals surface area (Å²) in [4.78, 5) is 27.6. The van der Waals surface area contributed by atoms with Gasteiger partial charge in [0.25, 0.3) is 0 Å². The number of benzene rings is 1. The third kappa shape index (κ3) is 4.48. The van der Waals surface area contributed by atoms with Crippen LogP contribution in [0.15, 0.2) is 23.4 Å². The van der Waals surface area contributed by atoms with E-state index >= 15 is 0 Å². The van der Waals surface area contributed by atoms with Gasteiger partial charge in [-0.05, 0) is 31.5 Å². The topological polar surface area (TPSA) is 76.0 Å². The van der Waals surface area contributed by atoms with E-state index in [1.807, 2.05) is 6.92 Å². The van der Waals surface area contributed by atoms with Crippen molar-refractivity contribution in [1.82, 2.24) is 20.2 Å². The zero-order valence-corrected chi connectivity index (χ0v) is 15.3. The number of fused-ring (bicyclic) bond motifs is 1. The number of urea groups is 1. The largest absolute Gasteiger partial charge is 0.416 e. The van der Waals surface area contributed by atoms with E-state index in [1.54, 1.807) is 11.5 Å². The summed E-state index contributed by atoms with van der Waals surface area (Å²) in [5.41, 5.74) is 0.0418. The van der Waals surface area contributed by atoms with Gasteiger partial charge in [0.05, 0.1) is 21.8 Å². The highest BCUT2D eigenvalue weighted by atomic mass is 32.2. The molecule has 0 spiro atoms. The number of hydrogen-bond acceptors (Lipinski definition) is 4. The fourth-order valence-electron chi connectivity index (χ4n) is 2.29. The second kappa shape index (κ2) is 7.98. The number of imidazole rings is 1. The second-order valence-corrected chi connectivity index (χ2v) is 6.88. The Labute approximate surface area is 152 Å². The highest BCUT2D eigenvalue weighted by molar-refractivity contribution is 8.00. The smallest absolute Gasteiger partial charge is 0.341 e. The second-order valence-electron chi connectivity index (χ2n) is 5.58. The van der Waals surface area contributed by atoms with Crippen LogP contribution in [0.5, 0.6) is 0 Å². The van der Waals surface area contributed by atoms with Crippen molar-refractivity contribution in [2.45, 2.75) is 43.4 Å². The standard InChI is InChI=1S/C16H19F3N4O2S/c1-4-7-23-12-8-10(16(17,18)19)5-6-11(12)21-15(23)26-9(2)13(24)22-14(25)20-3/h5-6,8-9H,4,7H2,1-3H3,(H2,20,22,24,25). The minimum atomic E-state index is -4.44. The van der Waals surface area contributed by atoms with E-state index in [1.165, 1.54) is 13.1 Å². The molecule has 0 saturated heterocycles. The third-order valence-electron chi connectivity index (χ3n) is 3.60. The van der Waals surface area contributed by atoms with Crippen LogP contribution >= 0.6 is 11.8 Å². The van der Waals surface area contributed by atoms with E-state index in [0.29, 0.717) is 29.2 Å². The van der Waals surface area contributed by atoms with Crippen LogP contribution < -0.4 is 10.6 Å². The number of carbonyl (C=O) groups is 2. The zero-order chi connectivity index (χ0) is 19.5. The number of hydrogen-bond donors (Lipinski definition) is 2. The third-order valence-corrected chi connectivity index (χ3v) is 4.69. The van der Waals surface area contributed by atoms with E-state index in [-0.39, 0.29) is 0 Å². The molecule has 6 nitrogen and oxygen atoms in total. The monoisotopic (exact) mass is 388 g/mol. The first-order valence-electron chi connectivity index (χ1n) is 7.94. The average Bonchev–Trinajstić information content (AvgIpc) is 2.91. The van der Waals surface area contributed by atoms with Crippen molar-refractivity contribution in [2.75, 3.05) is 7.05 Å². The van der Waals surface area contributed by atoms with Crippen molar-refractivity contribution in [1.29, 1.82) is 0 Å². The molecule has 0 aliphatic carbocycles. The first kappa shape index (κ1) is 20.1. The number of nitrogens with one attached hydrogen (secondary N) is 2. The summed E-state index contributed by atoms with van der Waals surface area (Å²) >= 11 is 1.09. The summed E-state index contributed by atoms with van der Waals surface area (Å²) in [7, 11) is 1.39. The number of thioether (sulfide) groups is 1. The highest BCUT2D eigenvalue weighted by Gasteiger charge is 2.31. The number of amides is 3. The number of alkyl halides is 3. The normalized spacial score (nSPS) is 12.8. The molecular weight excluding hydrogens is 369 g/mol. The molecule has 1 aromatic heterocycles. The molecule has 0 bridgehead atoms. The summed E-state index contributed by atoms with van der Waals surface area (Å²) < 4.78 is 40.6. The molecule has 142 valence electrons. The van der Waals surface area contributed by atoms with Gasteiger partial charge < -0.3 is 9.88 Å². The van der Waals surface area contributed by atoms with Gasteiger partial charge in [-0.3, -0.25) is 10.1 Å². The first-order valence-corrected chi connectivity index (χ1v) is 8.82. The van der Waals surface area contributed by atoms with Gasteiger partial charge in [0.2, 0.25) is 5.91 Å². The molecular formula is C16H19F3N4O2S. The van der Waals surface area contributed by atoms with E-state index in [2.05, 4.69) is 15.6 Å². The summed E-state index contributed by atoms with van der Waals surface area (Å²) in [6, 6.07) is 2.75. The van der Waals surface area contributed by atoms with Crippen LogP contribution in [0.1, 0.15) is 25.8 Å².